The molecule has 0 saturated heterocycles. The van der Waals surface area contributed by atoms with Crippen LogP contribution in [0.1, 0.15) is 26.4 Å². The van der Waals surface area contributed by atoms with E-state index in [1.165, 1.54) is 11.8 Å². The highest BCUT2D eigenvalue weighted by Gasteiger charge is 2.15. The molecular formula is C20H18ClN5O2. The Morgan fingerprint density at radius 3 is 2.25 bits per heavy atom. The summed E-state index contributed by atoms with van der Waals surface area (Å²) < 4.78 is 0. The number of anilines is 1. The molecule has 2 aromatic carbocycles. The third-order valence-electron chi connectivity index (χ3n) is 3.82. The van der Waals surface area contributed by atoms with Crippen LogP contribution in [-0.4, -0.2) is 28.3 Å². The van der Waals surface area contributed by atoms with E-state index in [0.717, 1.165) is 6.42 Å². The molecule has 0 bridgehead atoms. The Morgan fingerprint density at radius 1 is 0.893 bits per heavy atom. The van der Waals surface area contributed by atoms with E-state index in [1.807, 2.05) is 30.3 Å². The van der Waals surface area contributed by atoms with Crippen molar-refractivity contribution in [2.45, 2.75) is 6.42 Å². The van der Waals surface area contributed by atoms with Crippen LogP contribution < -0.4 is 16.2 Å². The van der Waals surface area contributed by atoms with Crippen molar-refractivity contribution in [2.75, 3.05) is 11.9 Å². The van der Waals surface area contributed by atoms with Crippen LogP contribution in [0.4, 0.5) is 5.95 Å². The topological polar surface area (TPSA) is 96.0 Å². The van der Waals surface area contributed by atoms with Gasteiger partial charge in [-0.1, -0.05) is 60.1 Å². The molecule has 2 amide bonds. The number of hydrogen-bond acceptors (Lipinski definition) is 5. The zero-order valence-electron chi connectivity index (χ0n) is 14.9. The molecule has 0 atom stereocenters. The molecule has 0 fully saturated rings. The predicted molar refractivity (Wildman–Crippen MR) is 107 cm³/mol. The van der Waals surface area contributed by atoms with Crippen molar-refractivity contribution in [2.24, 2.45) is 0 Å². The van der Waals surface area contributed by atoms with E-state index in [9.17, 15) is 9.59 Å². The van der Waals surface area contributed by atoms with Crippen LogP contribution in [0.3, 0.4) is 0 Å². The molecule has 8 heteroatoms. The number of benzene rings is 2. The first-order chi connectivity index (χ1) is 13.6. The van der Waals surface area contributed by atoms with Gasteiger partial charge in [-0.25, -0.2) is 9.97 Å². The minimum atomic E-state index is -0.636. The molecule has 3 N–H and O–H groups in total. The second-order valence-electron chi connectivity index (χ2n) is 5.83. The molecule has 0 aliphatic carbocycles. The van der Waals surface area contributed by atoms with E-state index in [4.69, 9.17) is 11.6 Å². The van der Waals surface area contributed by atoms with E-state index in [2.05, 4.69) is 26.1 Å². The lowest BCUT2D eigenvalue weighted by Crippen LogP contribution is -2.42. The molecule has 0 radical (unpaired) electrons. The number of amides is 2. The summed E-state index contributed by atoms with van der Waals surface area (Å²) in [5, 5.41) is 3.14. The number of aromatic nitrogens is 2. The van der Waals surface area contributed by atoms with Gasteiger partial charge < -0.3 is 5.32 Å². The molecule has 1 heterocycles. The summed E-state index contributed by atoms with van der Waals surface area (Å²) >= 11 is 6.03. The Hall–Kier alpha value is -3.45. The standard InChI is InChI=1S/C20H18ClN5O2/c21-16-13-23-20(22-12-11-14-7-3-1-4-8-14)24-17(16)19(28)26-25-18(27)15-9-5-2-6-10-15/h1-10,13H,11-12H2,(H,25,27)(H,26,28)(H,22,23,24). The quantitative estimate of drug-likeness (QED) is 0.558. The summed E-state index contributed by atoms with van der Waals surface area (Å²) in [5.74, 6) is -0.803. The Bertz CT molecular complexity index is 951. The third kappa shape index (κ3) is 5.28. The summed E-state index contributed by atoms with van der Waals surface area (Å²) in [6.07, 6.45) is 2.12. The van der Waals surface area contributed by atoms with Gasteiger partial charge in [0.15, 0.2) is 5.69 Å². The van der Waals surface area contributed by atoms with Crippen LogP contribution in [0, 0.1) is 0 Å². The summed E-state index contributed by atoms with van der Waals surface area (Å²) in [4.78, 5) is 32.5. The number of rotatable bonds is 6. The second kappa shape index (κ2) is 9.48. The van der Waals surface area contributed by atoms with Gasteiger partial charge in [0, 0.05) is 12.1 Å². The minimum Gasteiger partial charge on any atom is -0.354 e. The van der Waals surface area contributed by atoms with Gasteiger partial charge in [-0.2, -0.15) is 0 Å². The maximum Gasteiger partial charge on any atom is 0.290 e. The number of halogens is 1. The van der Waals surface area contributed by atoms with Gasteiger partial charge in [-0.3, -0.25) is 20.4 Å². The Balaban J connectivity index is 1.57. The SMILES string of the molecule is O=C(NNC(=O)c1nc(NCCc2ccccc2)ncc1Cl)c1ccccc1. The predicted octanol–water partition coefficient (Wildman–Crippen LogP) is 2.86. The fourth-order valence-corrected chi connectivity index (χ4v) is 2.59. The van der Waals surface area contributed by atoms with Gasteiger partial charge in [0.1, 0.15) is 0 Å². The van der Waals surface area contributed by atoms with Crippen LogP contribution >= 0.6 is 11.6 Å². The summed E-state index contributed by atoms with van der Waals surface area (Å²) in [6, 6.07) is 18.5. The van der Waals surface area contributed by atoms with Crippen molar-refractivity contribution in [1.29, 1.82) is 0 Å². The van der Waals surface area contributed by atoms with Crippen LogP contribution in [-0.2, 0) is 6.42 Å². The third-order valence-corrected chi connectivity index (χ3v) is 4.10. The van der Waals surface area contributed by atoms with Gasteiger partial charge in [-0.05, 0) is 24.1 Å². The zero-order valence-corrected chi connectivity index (χ0v) is 15.6. The van der Waals surface area contributed by atoms with Gasteiger partial charge in [0.05, 0.1) is 11.2 Å². The number of nitrogens with zero attached hydrogens (tertiary/aromatic N) is 2. The maximum atomic E-state index is 12.3. The van der Waals surface area contributed by atoms with Gasteiger partial charge in [0.2, 0.25) is 5.95 Å². The summed E-state index contributed by atoms with van der Waals surface area (Å²) in [7, 11) is 0. The first kappa shape index (κ1) is 19.3. The monoisotopic (exact) mass is 395 g/mol. The molecule has 28 heavy (non-hydrogen) atoms. The second-order valence-corrected chi connectivity index (χ2v) is 6.23. The first-order valence-corrected chi connectivity index (χ1v) is 8.97. The molecule has 0 saturated carbocycles. The van der Waals surface area contributed by atoms with Crippen molar-refractivity contribution >= 4 is 29.4 Å². The molecular weight excluding hydrogens is 378 g/mol. The maximum absolute atomic E-state index is 12.3. The van der Waals surface area contributed by atoms with E-state index < -0.39 is 11.8 Å². The average molecular weight is 396 g/mol. The molecule has 0 aliphatic rings. The molecule has 7 nitrogen and oxygen atoms in total. The molecule has 0 spiro atoms. The summed E-state index contributed by atoms with van der Waals surface area (Å²) in [5.41, 5.74) is 6.19. The lowest BCUT2D eigenvalue weighted by molar-refractivity contribution is 0.0844. The van der Waals surface area contributed by atoms with Crippen molar-refractivity contribution in [3.05, 3.63) is 88.7 Å². The fraction of sp³-hybridized carbons (Fsp3) is 0.100. The minimum absolute atomic E-state index is 0.0350. The summed E-state index contributed by atoms with van der Waals surface area (Å²) in [6.45, 7) is 0.595. The molecule has 3 rings (SSSR count). The number of carbonyl (C=O) groups is 2. The Morgan fingerprint density at radius 2 is 1.54 bits per heavy atom. The highest BCUT2D eigenvalue weighted by Crippen LogP contribution is 2.14. The highest BCUT2D eigenvalue weighted by molar-refractivity contribution is 6.33. The lowest BCUT2D eigenvalue weighted by atomic mass is 10.1. The lowest BCUT2D eigenvalue weighted by Gasteiger charge is -2.10. The normalized spacial score (nSPS) is 10.2. The molecule has 3 aromatic rings. The number of hydrazine groups is 1. The van der Waals surface area contributed by atoms with Crippen LogP contribution in [0.2, 0.25) is 5.02 Å². The van der Waals surface area contributed by atoms with Crippen LogP contribution in [0.5, 0.6) is 0 Å². The van der Waals surface area contributed by atoms with E-state index in [1.54, 1.807) is 30.3 Å². The van der Waals surface area contributed by atoms with Gasteiger partial charge in [-0.15, -0.1) is 0 Å². The van der Waals surface area contributed by atoms with Crippen molar-refractivity contribution < 1.29 is 9.59 Å². The number of nitrogens with one attached hydrogen (secondary N) is 3. The van der Waals surface area contributed by atoms with E-state index in [-0.39, 0.29) is 16.7 Å². The Labute approximate surface area is 167 Å². The van der Waals surface area contributed by atoms with Crippen LogP contribution in [0.15, 0.2) is 66.9 Å². The van der Waals surface area contributed by atoms with Gasteiger partial charge >= 0.3 is 0 Å². The number of hydrogen-bond donors (Lipinski definition) is 3. The van der Waals surface area contributed by atoms with E-state index in [0.29, 0.717) is 12.1 Å². The van der Waals surface area contributed by atoms with E-state index >= 15 is 0 Å². The largest absolute Gasteiger partial charge is 0.354 e. The Kier molecular flexibility index (Phi) is 6.54. The van der Waals surface area contributed by atoms with Crippen LogP contribution in [0.25, 0.3) is 0 Å². The number of carbonyl (C=O) groups excluding carboxylic acids is 2. The van der Waals surface area contributed by atoms with Crippen molar-refractivity contribution in [3.8, 4) is 0 Å². The van der Waals surface area contributed by atoms with Crippen molar-refractivity contribution in [3.63, 3.8) is 0 Å². The average Bonchev–Trinajstić information content (AvgIpc) is 2.74. The molecule has 142 valence electrons. The molecule has 1 aromatic heterocycles. The molecule has 0 unspecified atom stereocenters. The van der Waals surface area contributed by atoms with Gasteiger partial charge in [0.25, 0.3) is 11.8 Å². The first-order valence-electron chi connectivity index (χ1n) is 8.59. The van der Waals surface area contributed by atoms with Crippen molar-refractivity contribution in [1.82, 2.24) is 20.8 Å². The zero-order chi connectivity index (χ0) is 19.8. The smallest absolute Gasteiger partial charge is 0.290 e. The molecule has 0 aliphatic heterocycles. The fourth-order valence-electron chi connectivity index (χ4n) is 2.41. The highest BCUT2D eigenvalue weighted by atomic mass is 35.5.